The summed E-state index contributed by atoms with van der Waals surface area (Å²) in [5.74, 6) is -0.878. The monoisotopic (exact) mass is 403 g/mol. The molecule has 0 radical (unpaired) electrons. The van der Waals surface area contributed by atoms with E-state index < -0.39 is 23.0 Å². The maximum atomic E-state index is 13.9. The highest BCUT2D eigenvalue weighted by atomic mass is 35.5. The van der Waals surface area contributed by atoms with Crippen LogP contribution in [0.5, 0.6) is 5.75 Å². The molecule has 7 nitrogen and oxygen atoms in total. The molecule has 1 aromatic heterocycles. The molecule has 0 atom stereocenters. The Hall–Kier alpha value is -3.39. The molecule has 3 rings (SSSR count). The van der Waals surface area contributed by atoms with Crippen LogP contribution in [0.1, 0.15) is 15.9 Å². The Morgan fingerprint density at radius 2 is 2.00 bits per heavy atom. The van der Waals surface area contributed by atoms with Gasteiger partial charge in [-0.25, -0.2) is 9.18 Å². The third-order valence-corrected chi connectivity index (χ3v) is 4.30. The van der Waals surface area contributed by atoms with Crippen molar-refractivity contribution in [3.63, 3.8) is 0 Å². The van der Waals surface area contributed by atoms with Gasteiger partial charge in [0.2, 0.25) is 0 Å². The predicted octanol–water partition coefficient (Wildman–Crippen LogP) is 2.64. The number of hydrogen-bond acceptors (Lipinski definition) is 4. The van der Waals surface area contributed by atoms with Crippen molar-refractivity contribution >= 4 is 23.2 Å². The predicted molar refractivity (Wildman–Crippen MR) is 103 cm³/mol. The summed E-state index contributed by atoms with van der Waals surface area (Å²) < 4.78 is 19.6. The molecule has 1 amide bonds. The summed E-state index contributed by atoms with van der Waals surface area (Å²) >= 11 is 6.02. The Morgan fingerprint density at radius 3 is 2.68 bits per heavy atom. The molecule has 28 heavy (non-hydrogen) atoms. The molecule has 0 saturated carbocycles. The molecule has 0 unspecified atom stereocenters. The minimum atomic E-state index is -0.843. The van der Waals surface area contributed by atoms with Gasteiger partial charge in [-0.05, 0) is 24.3 Å². The SMILES string of the molecule is COc1ccc(NC(=O)c2c[nH]c(=O)n(Cc3ccccc3F)c2=O)cc1Cl. The summed E-state index contributed by atoms with van der Waals surface area (Å²) in [4.78, 5) is 39.5. The second kappa shape index (κ2) is 8.10. The molecule has 0 aliphatic carbocycles. The van der Waals surface area contributed by atoms with E-state index in [1.165, 1.54) is 31.4 Å². The first-order valence-electron chi connectivity index (χ1n) is 8.11. The van der Waals surface area contributed by atoms with Gasteiger partial charge in [0.15, 0.2) is 0 Å². The minimum Gasteiger partial charge on any atom is -0.495 e. The van der Waals surface area contributed by atoms with Gasteiger partial charge in [-0.1, -0.05) is 29.8 Å². The quantitative estimate of drug-likeness (QED) is 0.685. The number of anilines is 1. The average Bonchev–Trinajstić information content (AvgIpc) is 2.66. The Balaban J connectivity index is 1.91. The van der Waals surface area contributed by atoms with Crippen molar-refractivity contribution < 1.29 is 13.9 Å². The topological polar surface area (TPSA) is 93.2 Å². The smallest absolute Gasteiger partial charge is 0.328 e. The summed E-state index contributed by atoms with van der Waals surface area (Å²) in [7, 11) is 1.46. The van der Waals surface area contributed by atoms with Crippen LogP contribution in [0.25, 0.3) is 0 Å². The molecule has 3 aromatic rings. The normalized spacial score (nSPS) is 10.5. The average molecular weight is 404 g/mol. The lowest BCUT2D eigenvalue weighted by Crippen LogP contribution is -2.39. The zero-order valence-corrected chi connectivity index (χ0v) is 15.4. The number of hydrogen-bond donors (Lipinski definition) is 2. The fraction of sp³-hybridized carbons (Fsp3) is 0.105. The minimum absolute atomic E-state index is 0.148. The molecule has 9 heteroatoms. The van der Waals surface area contributed by atoms with Crippen LogP contribution in [0.4, 0.5) is 10.1 Å². The largest absolute Gasteiger partial charge is 0.495 e. The number of carbonyl (C=O) groups is 1. The number of amides is 1. The van der Waals surface area contributed by atoms with Gasteiger partial charge < -0.3 is 15.0 Å². The summed E-state index contributed by atoms with van der Waals surface area (Å²) in [6.45, 7) is -0.309. The van der Waals surface area contributed by atoms with E-state index in [9.17, 15) is 18.8 Å². The number of nitrogens with one attached hydrogen (secondary N) is 2. The molecule has 0 bridgehead atoms. The Labute approximate surface area is 163 Å². The maximum Gasteiger partial charge on any atom is 0.328 e. The van der Waals surface area contributed by atoms with Gasteiger partial charge in [-0.2, -0.15) is 0 Å². The third kappa shape index (κ3) is 3.96. The molecule has 0 aliphatic heterocycles. The Morgan fingerprint density at radius 1 is 1.25 bits per heavy atom. The molecular formula is C19H15ClFN3O4. The van der Waals surface area contributed by atoms with E-state index in [0.717, 1.165) is 10.8 Å². The lowest BCUT2D eigenvalue weighted by molar-refractivity contribution is 0.102. The van der Waals surface area contributed by atoms with Crippen molar-refractivity contribution in [3.8, 4) is 5.75 Å². The lowest BCUT2D eigenvalue weighted by atomic mass is 10.2. The van der Waals surface area contributed by atoms with E-state index in [1.54, 1.807) is 18.2 Å². The number of aromatic nitrogens is 2. The number of benzene rings is 2. The second-order valence-corrected chi connectivity index (χ2v) is 6.20. The molecule has 1 heterocycles. The van der Waals surface area contributed by atoms with Crippen molar-refractivity contribution in [1.82, 2.24) is 9.55 Å². The highest BCUT2D eigenvalue weighted by Crippen LogP contribution is 2.27. The van der Waals surface area contributed by atoms with Crippen LogP contribution in [0.15, 0.2) is 58.3 Å². The second-order valence-electron chi connectivity index (χ2n) is 5.79. The van der Waals surface area contributed by atoms with Crippen LogP contribution in [0, 0.1) is 5.82 Å². The highest BCUT2D eigenvalue weighted by molar-refractivity contribution is 6.32. The first-order valence-corrected chi connectivity index (χ1v) is 8.49. The number of H-pyrrole nitrogens is 1. The highest BCUT2D eigenvalue weighted by Gasteiger charge is 2.16. The molecular weight excluding hydrogens is 389 g/mol. The summed E-state index contributed by atoms with van der Waals surface area (Å²) in [5, 5.41) is 2.80. The van der Waals surface area contributed by atoms with Crippen LogP contribution in [-0.2, 0) is 6.54 Å². The van der Waals surface area contributed by atoms with Gasteiger partial charge >= 0.3 is 5.69 Å². The van der Waals surface area contributed by atoms with E-state index >= 15 is 0 Å². The number of ether oxygens (including phenoxy) is 1. The van der Waals surface area contributed by atoms with Crippen molar-refractivity contribution in [3.05, 3.63) is 91.5 Å². The van der Waals surface area contributed by atoms with Crippen molar-refractivity contribution in [2.24, 2.45) is 0 Å². The Kier molecular flexibility index (Phi) is 5.60. The third-order valence-electron chi connectivity index (χ3n) is 4.00. The number of carbonyl (C=O) groups excluding carboxylic acids is 1. The molecule has 0 fully saturated rings. The Bertz CT molecular complexity index is 1160. The first kappa shape index (κ1) is 19.4. The number of nitrogens with zero attached hydrogens (tertiary/aromatic N) is 1. The van der Waals surface area contributed by atoms with Crippen LogP contribution < -0.4 is 21.3 Å². The first-order chi connectivity index (χ1) is 13.4. The van der Waals surface area contributed by atoms with Gasteiger partial charge in [-0.3, -0.25) is 14.2 Å². The van der Waals surface area contributed by atoms with Gasteiger partial charge in [0.25, 0.3) is 11.5 Å². The fourth-order valence-electron chi connectivity index (χ4n) is 2.56. The van der Waals surface area contributed by atoms with Gasteiger partial charge in [0, 0.05) is 17.4 Å². The molecule has 0 spiro atoms. The lowest BCUT2D eigenvalue weighted by Gasteiger charge is -2.10. The zero-order chi connectivity index (χ0) is 20.3. The molecule has 0 aliphatic rings. The van der Waals surface area contributed by atoms with Crippen LogP contribution in [-0.4, -0.2) is 22.6 Å². The van der Waals surface area contributed by atoms with E-state index in [-0.39, 0.29) is 22.7 Å². The van der Waals surface area contributed by atoms with E-state index in [4.69, 9.17) is 16.3 Å². The maximum absolute atomic E-state index is 13.9. The summed E-state index contributed by atoms with van der Waals surface area (Å²) in [6, 6.07) is 10.3. The summed E-state index contributed by atoms with van der Waals surface area (Å²) in [5.41, 5.74) is -1.42. The van der Waals surface area contributed by atoms with Crippen molar-refractivity contribution in [1.29, 1.82) is 0 Å². The van der Waals surface area contributed by atoms with Crippen LogP contribution >= 0.6 is 11.6 Å². The summed E-state index contributed by atoms with van der Waals surface area (Å²) in [6.07, 6.45) is 1.02. The zero-order valence-electron chi connectivity index (χ0n) is 14.7. The number of halogens is 2. The van der Waals surface area contributed by atoms with Crippen LogP contribution in [0.2, 0.25) is 5.02 Å². The van der Waals surface area contributed by atoms with E-state index in [2.05, 4.69) is 10.3 Å². The molecule has 144 valence electrons. The van der Waals surface area contributed by atoms with Crippen molar-refractivity contribution in [2.45, 2.75) is 6.54 Å². The van der Waals surface area contributed by atoms with Gasteiger partial charge in [0.1, 0.15) is 17.1 Å². The number of methoxy groups -OCH3 is 1. The van der Waals surface area contributed by atoms with Crippen LogP contribution in [0.3, 0.4) is 0 Å². The number of rotatable bonds is 5. The standard InChI is InChI=1S/C19H15ClFN3O4/c1-28-16-7-6-12(8-14(16)20)23-17(25)13-9-22-19(27)24(18(13)26)10-11-4-2-3-5-15(11)21/h2-9H,10H2,1H3,(H,22,27)(H,23,25). The van der Waals surface area contributed by atoms with Crippen molar-refractivity contribution in [2.75, 3.05) is 12.4 Å². The van der Waals surface area contributed by atoms with E-state index in [1.807, 2.05) is 0 Å². The molecule has 2 N–H and O–H groups in total. The number of aromatic amines is 1. The van der Waals surface area contributed by atoms with E-state index in [0.29, 0.717) is 11.4 Å². The fourth-order valence-corrected chi connectivity index (χ4v) is 2.81. The molecule has 0 saturated heterocycles. The van der Waals surface area contributed by atoms with Gasteiger partial charge in [0.05, 0.1) is 18.7 Å². The van der Waals surface area contributed by atoms with Gasteiger partial charge in [-0.15, -0.1) is 0 Å². The molecule has 2 aromatic carbocycles.